The third kappa shape index (κ3) is 3.68. The van der Waals surface area contributed by atoms with Crippen LogP contribution in [0.3, 0.4) is 0 Å². The lowest BCUT2D eigenvalue weighted by atomic mass is 9.94. The van der Waals surface area contributed by atoms with Crippen LogP contribution >= 0.6 is 0 Å². The van der Waals surface area contributed by atoms with Crippen molar-refractivity contribution < 1.29 is 18.3 Å². The number of halogens is 3. The second-order valence-corrected chi connectivity index (χ2v) is 8.26. The van der Waals surface area contributed by atoms with Crippen LogP contribution < -0.4 is 5.32 Å². The molecule has 0 saturated carbocycles. The molecule has 2 N–H and O–H groups in total. The Labute approximate surface area is 182 Å². The van der Waals surface area contributed by atoms with Gasteiger partial charge in [-0.15, -0.1) is 0 Å². The summed E-state index contributed by atoms with van der Waals surface area (Å²) in [5, 5.41) is 14.4. The molecule has 1 aliphatic rings. The number of phenolic OH excluding ortho intramolecular Hbond substituents is 1. The number of pyridine rings is 1. The summed E-state index contributed by atoms with van der Waals surface area (Å²) in [6.07, 6.45) is -1.75. The van der Waals surface area contributed by atoms with E-state index in [4.69, 9.17) is 0 Å². The fourth-order valence-electron chi connectivity index (χ4n) is 4.60. The number of phenols is 1. The number of para-hydroxylation sites is 2. The predicted octanol–water partition coefficient (Wildman–Crippen LogP) is 5.37. The molecule has 0 radical (unpaired) electrons. The highest BCUT2D eigenvalue weighted by Gasteiger charge is 2.37. The molecular formula is C24H23F3N4O. The fourth-order valence-corrected chi connectivity index (χ4v) is 4.60. The molecule has 3 heterocycles. The van der Waals surface area contributed by atoms with E-state index >= 15 is 0 Å². The number of hydrogen-bond acceptors (Lipinski definition) is 4. The van der Waals surface area contributed by atoms with Gasteiger partial charge in [0.05, 0.1) is 16.6 Å². The van der Waals surface area contributed by atoms with Crippen molar-refractivity contribution in [3.8, 4) is 17.1 Å². The Morgan fingerprint density at radius 2 is 1.72 bits per heavy atom. The number of aromatic nitrogens is 3. The van der Waals surface area contributed by atoms with Crippen LogP contribution in [-0.2, 0) is 12.7 Å². The smallest absolute Gasteiger partial charge is 0.435 e. The molecule has 32 heavy (non-hydrogen) atoms. The largest absolute Gasteiger partial charge is 0.507 e. The van der Waals surface area contributed by atoms with Crippen molar-refractivity contribution in [1.82, 2.24) is 19.9 Å². The number of nitrogens with one attached hydrogen (secondary N) is 1. The summed E-state index contributed by atoms with van der Waals surface area (Å²) in [5.41, 5.74) is -0.0799. The average molecular weight is 440 g/mol. The van der Waals surface area contributed by atoms with E-state index in [-0.39, 0.29) is 16.8 Å². The molecule has 0 unspecified atom stereocenters. The maximum Gasteiger partial charge on any atom is 0.435 e. The number of fused-ring (bicyclic) bond motifs is 3. The van der Waals surface area contributed by atoms with Gasteiger partial charge >= 0.3 is 6.18 Å². The summed E-state index contributed by atoms with van der Waals surface area (Å²) in [7, 11) is 0. The van der Waals surface area contributed by atoms with E-state index < -0.39 is 11.9 Å². The topological polar surface area (TPSA) is 63.0 Å². The Morgan fingerprint density at radius 3 is 2.47 bits per heavy atom. The van der Waals surface area contributed by atoms with Gasteiger partial charge in [0.2, 0.25) is 0 Å². The van der Waals surface area contributed by atoms with E-state index in [0.717, 1.165) is 32.4 Å². The molecule has 5 nitrogen and oxygen atoms in total. The second-order valence-electron chi connectivity index (χ2n) is 8.26. The molecule has 0 atom stereocenters. The number of aryl methyl sites for hydroxylation is 1. The molecule has 1 saturated heterocycles. The number of imidazole rings is 1. The minimum atomic E-state index is -4.65. The Kier molecular flexibility index (Phi) is 5.25. The standard InChI is InChI=1S/C24H23F3N4O/c25-24(26,27)22-20-21(16-5-1-3-7-18(16)29-22)31(14-11-15-9-12-28-13-10-15)23(30-20)17-6-2-4-8-19(17)32/h1-8,15,28,32H,9-14H2. The zero-order chi connectivity index (χ0) is 22.3. The Balaban J connectivity index is 1.77. The number of rotatable bonds is 4. The van der Waals surface area contributed by atoms with Crippen LogP contribution in [0.15, 0.2) is 48.5 Å². The highest BCUT2D eigenvalue weighted by molar-refractivity contribution is 6.05. The third-order valence-corrected chi connectivity index (χ3v) is 6.22. The third-order valence-electron chi connectivity index (χ3n) is 6.22. The van der Waals surface area contributed by atoms with Crippen LogP contribution in [0.25, 0.3) is 33.3 Å². The molecule has 166 valence electrons. The van der Waals surface area contributed by atoms with Crippen molar-refractivity contribution in [2.45, 2.75) is 32.0 Å². The van der Waals surface area contributed by atoms with Gasteiger partial charge in [-0.1, -0.05) is 30.3 Å². The predicted molar refractivity (Wildman–Crippen MR) is 117 cm³/mol. The Bertz CT molecular complexity index is 1280. The molecule has 2 aromatic heterocycles. The quantitative estimate of drug-likeness (QED) is 0.448. The maximum atomic E-state index is 14.0. The molecule has 2 aromatic carbocycles. The van der Waals surface area contributed by atoms with Crippen molar-refractivity contribution in [2.75, 3.05) is 13.1 Å². The van der Waals surface area contributed by atoms with Gasteiger partial charge < -0.3 is 15.0 Å². The van der Waals surface area contributed by atoms with E-state index in [1.807, 2.05) is 4.57 Å². The van der Waals surface area contributed by atoms with Gasteiger partial charge in [0, 0.05) is 11.9 Å². The van der Waals surface area contributed by atoms with E-state index in [1.54, 1.807) is 42.5 Å². The fraction of sp³-hybridized carbons (Fsp3) is 0.333. The lowest BCUT2D eigenvalue weighted by Crippen LogP contribution is -2.28. The van der Waals surface area contributed by atoms with Crippen molar-refractivity contribution in [3.05, 3.63) is 54.2 Å². The zero-order valence-corrected chi connectivity index (χ0v) is 17.4. The first-order valence-electron chi connectivity index (χ1n) is 10.8. The Hall–Kier alpha value is -3.13. The van der Waals surface area contributed by atoms with Gasteiger partial charge in [-0.05, 0) is 56.5 Å². The molecule has 4 aromatic rings. The number of piperidine rings is 1. The van der Waals surface area contributed by atoms with Crippen molar-refractivity contribution in [3.63, 3.8) is 0 Å². The molecule has 5 rings (SSSR count). The summed E-state index contributed by atoms with van der Waals surface area (Å²) in [5.74, 6) is 0.800. The van der Waals surface area contributed by atoms with Crippen LogP contribution in [0.4, 0.5) is 13.2 Å². The monoisotopic (exact) mass is 440 g/mol. The van der Waals surface area contributed by atoms with Crippen molar-refractivity contribution >= 4 is 21.9 Å². The second kappa shape index (κ2) is 8.09. The van der Waals surface area contributed by atoms with Crippen LogP contribution in [0.1, 0.15) is 25.0 Å². The minimum absolute atomic E-state index is 0.0169. The number of alkyl halides is 3. The molecule has 0 aliphatic carbocycles. The lowest BCUT2D eigenvalue weighted by Gasteiger charge is -2.23. The summed E-state index contributed by atoms with van der Waals surface area (Å²) < 4.78 is 43.8. The highest BCUT2D eigenvalue weighted by Crippen LogP contribution is 2.40. The van der Waals surface area contributed by atoms with Gasteiger partial charge in [0.1, 0.15) is 17.1 Å². The van der Waals surface area contributed by atoms with E-state index in [9.17, 15) is 18.3 Å². The number of aromatic hydroxyl groups is 1. The number of nitrogens with zero attached hydrogens (tertiary/aromatic N) is 3. The van der Waals surface area contributed by atoms with Crippen molar-refractivity contribution in [1.29, 1.82) is 0 Å². The molecule has 0 spiro atoms. The van der Waals surface area contributed by atoms with E-state index in [2.05, 4.69) is 15.3 Å². The zero-order valence-electron chi connectivity index (χ0n) is 17.4. The molecule has 8 heteroatoms. The molecule has 0 bridgehead atoms. The number of hydrogen-bond donors (Lipinski definition) is 2. The van der Waals surface area contributed by atoms with Gasteiger partial charge in [-0.2, -0.15) is 13.2 Å². The van der Waals surface area contributed by atoms with Crippen molar-refractivity contribution in [2.24, 2.45) is 5.92 Å². The first kappa shape index (κ1) is 20.8. The lowest BCUT2D eigenvalue weighted by molar-refractivity contribution is -0.139. The maximum absolute atomic E-state index is 14.0. The van der Waals surface area contributed by atoms with Crippen LogP contribution in [-0.4, -0.2) is 32.7 Å². The normalized spacial score (nSPS) is 15.6. The molecule has 0 amide bonds. The Morgan fingerprint density at radius 1 is 1.00 bits per heavy atom. The first-order valence-corrected chi connectivity index (χ1v) is 10.8. The first-order chi connectivity index (χ1) is 15.4. The van der Waals surface area contributed by atoms with Crippen LogP contribution in [0, 0.1) is 5.92 Å². The van der Waals surface area contributed by atoms with E-state index in [0.29, 0.717) is 34.8 Å². The van der Waals surface area contributed by atoms with Crippen LogP contribution in [0.5, 0.6) is 5.75 Å². The van der Waals surface area contributed by atoms with Gasteiger partial charge in [0.25, 0.3) is 0 Å². The SMILES string of the molecule is Oc1ccccc1-c1nc2c(C(F)(F)F)nc3ccccc3c2n1CCC1CCNCC1. The highest BCUT2D eigenvalue weighted by atomic mass is 19.4. The summed E-state index contributed by atoms with van der Waals surface area (Å²) >= 11 is 0. The van der Waals surface area contributed by atoms with Gasteiger partial charge in [0.15, 0.2) is 5.69 Å². The summed E-state index contributed by atoms with van der Waals surface area (Å²) in [6, 6.07) is 13.5. The molecular weight excluding hydrogens is 417 g/mol. The van der Waals surface area contributed by atoms with Gasteiger partial charge in [-0.25, -0.2) is 9.97 Å². The van der Waals surface area contributed by atoms with E-state index in [1.165, 1.54) is 6.07 Å². The molecule has 1 fully saturated rings. The summed E-state index contributed by atoms with van der Waals surface area (Å²) in [4.78, 5) is 8.36. The minimum Gasteiger partial charge on any atom is -0.507 e. The van der Waals surface area contributed by atoms with Crippen LogP contribution in [0.2, 0.25) is 0 Å². The van der Waals surface area contributed by atoms with Gasteiger partial charge in [-0.3, -0.25) is 0 Å². The average Bonchev–Trinajstić information content (AvgIpc) is 3.17. The number of benzene rings is 2. The summed E-state index contributed by atoms with van der Waals surface area (Å²) in [6.45, 7) is 2.41. The molecule has 1 aliphatic heterocycles.